The summed E-state index contributed by atoms with van der Waals surface area (Å²) in [5, 5.41) is 9.41. The summed E-state index contributed by atoms with van der Waals surface area (Å²) in [6, 6.07) is 12.9. The Bertz CT molecular complexity index is 703. The minimum atomic E-state index is 0.721. The van der Waals surface area contributed by atoms with Gasteiger partial charge in [0.25, 0.3) is 0 Å². The van der Waals surface area contributed by atoms with Crippen molar-refractivity contribution in [2.75, 3.05) is 0 Å². The Morgan fingerprint density at radius 3 is 2.50 bits per heavy atom. The highest BCUT2D eigenvalue weighted by molar-refractivity contribution is 5.80. The van der Waals surface area contributed by atoms with Crippen molar-refractivity contribution >= 4 is 5.57 Å². The van der Waals surface area contributed by atoms with Crippen molar-refractivity contribution in [1.29, 1.82) is 5.26 Å². The summed E-state index contributed by atoms with van der Waals surface area (Å²) in [5.74, 6) is 0. The fourth-order valence-electron chi connectivity index (χ4n) is 2.40. The minimum absolute atomic E-state index is 0.721. The van der Waals surface area contributed by atoms with E-state index in [1.807, 2.05) is 19.2 Å². The lowest BCUT2D eigenvalue weighted by Gasteiger charge is -2.08. The maximum atomic E-state index is 9.41. The second-order valence-corrected chi connectivity index (χ2v) is 5.43. The van der Waals surface area contributed by atoms with Crippen molar-refractivity contribution in [3.05, 3.63) is 59.4 Å². The number of unbranched alkanes of at least 4 members (excludes halogenated alkanes) is 1. The van der Waals surface area contributed by atoms with Gasteiger partial charge in [0.15, 0.2) is 0 Å². The molecular formula is C20H22N2. The SMILES string of the molecule is CCC/C=C(/C#N)c1cc(-c2ccc(CC)cc2)cnc1C. The van der Waals surface area contributed by atoms with Crippen LogP contribution >= 0.6 is 0 Å². The molecule has 1 heterocycles. The number of benzene rings is 1. The van der Waals surface area contributed by atoms with Gasteiger partial charge in [0.2, 0.25) is 0 Å². The Morgan fingerprint density at radius 2 is 1.91 bits per heavy atom. The van der Waals surface area contributed by atoms with Gasteiger partial charge in [-0.05, 0) is 37.0 Å². The predicted octanol–water partition coefficient (Wildman–Crippen LogP) is 5.33. The number of nitriles is 1. The van der Waals surface area contributed by atoms with Gasteiger partial charge in [-0.2, -0.15) is 5.26 Å². The normalized spacial score (nSPS) is 11.3. The van der Waals surface area contributed by atoms with E-state index in [1.165, 1.54) is 5.56 Å². The van der Waals surface area contributed by atoms with Crippen molar-refractivity contribution in [2.45, 2.75) is 40.0 Å². The summed E-state index contributed by atoms with van der Waals surface area (Å²) >= 11 is 0. The fourth-order valence-corrected chi connectivity index (χ4v) is 2.40. The molecule has 0 atom stereocenters. The van der Waals surface area contributed by atoms with Crippen LogP contribution in [0.4, 0.5) is 0 Å². The Kier molecular flexibility index (Phi) is 5.49. The van der Waals surface area contributed by atoms with Gasteiger partial charge in [-0.15, -0.1) is 0 Å². The summed E-state index contributed by atoms with van der Waals surface area (Å²) in [6.45, 7) is 6.22. The molecule has 0 radical (unpaired) electrons. The van der Waals surface area contributed by atoms with Crippen LogP contribution in [-0.2, 0) is 6.42 Å². The predicted molar refractivity (Wildman–Crippen MR) is 92.3 cm³/mol. The number of rotatable bonds is 5. The van der Waals surface area contributed by atoms with Crippen molar-refractivity contribution in [2.24, 2.45) is 0 Å². The lowest BCUT2D eigenvalue weighted by atomic mass is 9.98. The minimum Gasteiger partial charge on any atom is -0.260 e. The molecule has 0 N–H and O–H groups in total. The number of allylic oxidation sites excluding steroid dienone is 2. The molecule has 0 amide bonds. The topological polar surface area (TPSA) is 36.7 Å². The monoisotopic (exact) mass is 290 g/mol. The molecule has 22 heavy (non-hydrogen) atoms. The molecular weight excluding hydrogens is 268 g/mol. The first-order valence-corrected chi connectivity index (χ1v) is 7.86. The smallest absolute Gasteiger partial charge is 0.0995 e. The Morgan fingerprint density at radius 1 is 1.18 bits per heavy atom. The van der Waals surface area contributed by atoms with Crippen molar-refractivity contribution < 1.29 is 0 Å². The molecule has 0 aliphatic rings. The Balaban J connectivity index is 2.43. The lowest BCUT2D eigenvalue weighted by molar-refractivity contribution is 0.960. The summed E-state index contributed by atoms with van der Waals surface area (Å²) in [7, 11) is 0. The van der Waals surface area contributed by atoms with Crippen LogP contribution < -0.4 is 0 Å². The van der Waals surface area contributed by atoms with Crippen LogP contribution in [0.25, 0.3) is 16.7 Å². The molecule has 1 aromatic carbocycles. The van der Waals surface area contributed by atoms with Crippen LogP contribution in [0.3, 0.4) is 0 Å². The highest BCUT2D eigenvalue weighted by Crippen LogP contribution is 2.25. The average molecular weight is 290 g/mol. The van der Waals surface area contributed by atoms with Crippen LogP contribution in [0.2, 0.25) is 0 Å². The van der Waals surface area contributed by atoms with E-state index in [0.29, 0.717) is 0 Å². The number of hydrogen-bond donors (Lipinski definition) is 0. The lowest BCUT2D eigenvalue weighted by Crippen LogP contribution is -1.93. The van der Waals surface area contributed by atoms with E-state index in [1.54, 1.807) is 0 Å². The molecule has 2 nitrogen and oxygen atoms in total. The molecule has 0 aliphatic carbocycles. The summed E-state index contributed by atoms with van der Waals surface area (Å²) < 4.78 is 0. The van der Waals surface area contributed by atoms with Gasteiger partial charge in [0, 0.05) is 23.0 Å². The average Bonchev–Trinajstić information content (AvgIpc) is 2.57. The fraction of sp³-hybridized carbons (Fsp3) is 0.300. The number of pyridine rings is 1. The molecule has 0 unspecified atom stereocenters. The molecule has 0 saturated heterocycles. The third-order valence-electron chi connectivity index (χ3n) is 3.83. The molecule has 2 heteroatoms. The first kappa shape index (κ1) is 16.0. The third-order valence-corrected chi connectivity index (χ3v) is 3.83. The van der Waals surface area contributed by atoms with Crippen LogP contribution in [0.1, 0.15) is 43.5 Å². The molecule has 2 rings (SSSR count). The summed E-state index contributed by atoms with van der Waals surface area (Å²) in [4.78, 5) is 4.48. The van der Waals surface area contributed by atoms with Crippen LogP contribution in [0.5, 0.6) is 0 Å². The maximum Gasteiger partial charge on any atom is 0.0995 e. The van der Waals surface area contributed by atoms with Crippen molar-refractivity contribution in [1.82, 2.24) is 4.98 Å². The Hall–Kier alpha value is -2.40. The van der Waals surface area contributed by atoms with E-state index in [-0.39, 0.29) is 0 Å². The number of aryl methyl sites for hydroxylation is 2. The van der Waals surface area contributed by atoms with Gasteiger partial charge in [-0.25, -0.2) is 0 Å². The van der Waals surface area contributed by atoms with E-state index >= 15 is 0 Å². The van der Waals surface area contributed by atoms with E-state index < -0.39 is 0 Å². The largest absolute Gasteiger partial charge is 0.260 e. The summed E-state index contributed by atoms with van der Waals surface area (Å²) in [5.41, 5.74) is 6.08. The molecule has 112 valence electrons. The van der Waals surface area contributed by atoms with Crippen LogP contribution in [-0.4, -0.2) is 4.98 Å². The van der Waals surface area contributed by atoms with Crippen LogP contribution in [0, 0.1) is 18.3 Å². The molecule has 0 aliphatic heterocycles. The molecule has 0 bridgehead atoms. The van der Waals surface area contributed by atoms with Gasteiger partial charge in [0.1, 0.15) is 0 Å². The van der Waals surface area contributed by atoms with E-state index in [0.717, 1.165) is 47.2 Å². The standard InChI is InChI=1S/C20H22N2/c1-4-6-7-18(13-21)20-12-19(14-22-15(20)3)17-10-8-16(5-2)9-11-17/h7-12,14H,4-6H2,1-3H3/b18-7-. The van der Waals surface area contributed by atoms with Gasteiger partial charge < -0.3 is 0 Å². The van der Waals surface area contributed by atoms with E-state index in [2.05, 4.69) is 55.2 Å². The molecule has 2 aromatic rings. The second-order valence-electron chi connectivity index (χ2n) is 5.43. The number of aromatic nitrogens is 1. The van der Waals surface area contributed by atoms with Crippen molar-refractivity contribution in [3.63, 3.8) is 0 Å². The number of nitrogens with zero attached hydrogens (tertiary/aromatic N) is 2. The zero-order valence-electron chi connectivity index (χ0n) is 13.6. The van der Waals surface area contributed by atoms with Crippen molar-refractivity contribution in [3.8, 4) is 17.2 Å². The van der Waals surface area contributed by atoms with E-state index in [4.69, 9.17) is 0 Å². The van der Waals surface area contributed by atoms with Gasteiger partial charge in [0.05, 0.1) is 11.6 Å². The quantitative estimate of drug-likeness (QED) is 0.698. The first-order valence-electron chi connectivity index (χ1n) is 7.86. The van der Waals surface area contributed by atoms with Gasteiger partial charge in [-0.3, -0.25) is 4.98 Å². The highest BCUT2D eigenvalue weighted by Gasteiger charge is 2.08. The molecule has 0 spiro atoms. The number of hydrogen-bond acceptors (Lipinski definition) is 2. The first-order chi connectivity index (χ1) is 10.7. The summed E-state index contributed by atoms with van der Waals surface area (Å²) in [6.07, 6.45) is 6.88. The molecule has 1 aromatic heterocycles. The van der Waals surface area contributed by atoms with Crippen LogP contribution in [0.15, 0.2) is 42.6 Å². The highest BCUT2D eigenvalue weighted by atomic mass is 14.7. The second kappa shape index (κ2) is 7.56. The third kappa shape index (κ3) is 3.62. The molecule has 0 saturated carbocycles. The maximum absolute atomic E-state index is 9.41. The van der Waals surface area contributed by atoms with Gasteiger partial charge >= 0.3 is 0 Å². The zero-order chi connectivity index (χ0) is 15.9. The zero-order valence-corrected chi connectivity index (χ0v) is 13.6. The molecule has 0 fully saturated rings. The van der Waals surface area contributed by atoms with Gasteiger partial charge in [-0.1, -0.05) is 50.6 Å². The van der Waals surface area contributed by atoms with E-state index in [9.17, 15) is 5.26 Å². The Labute approximate surface area is 133 Å².